The molecule has 1 heterocycles. The van der Waals surface area contributed by atoms with Gasteiger partial charge in [0, 0.05) is 32.7 Å². The highest BCUT2D eigenvalue weighted by Crippen LogP contribution is 2.17. The molecule has 5 nitrogen and oxygen atoms in total. The quantitative estimate of drug-likeness (QED) is 0.928. The van der Waals surface area contributed by atoms with E-state index in [1.807, 2.05) is 20.8 Å². The number of piperazine rings is 1. The summed E-state index contributed by atoms with van der Waals surface area (Å²) in [5, 5.41) is 10.2. The Labute approximate surface area is 136 Å². The maximum Gasteiger partial charge on any atom is 0.410 e. The van der Waals surface area contributed by atoms with E-state index >= 15 is 0 Å². The van der Waals surface area contributed by atoms with Crippen LogP contribution in [0.1, 0.15) is 32.4 Å². The minimum Gasteiger partial charge on any atom is -0.444 e. The van der Waals surface area contributed by atoms with Crippen LogP contribution in [-0.2, 0) is 4.74 Å². The monoisotopic (exact) mass is 324 g/mol. The van der Waals surface area contributed by atoms with Gasteiger partial charge in [0.2, 0.25) is 0 Å². The number of hydrogen-bond donors (Lipinski definition) is 1. The Morgan fingerprint density at radius 2 is 1.96 bits per heavy atom. The number of hydrogen-bond acceptors (Lipinski definition) is 4. The van der Waals surface area contributed by atoms with Crippen LogP contribution in [0.25, 0.3) is 0 Å². The van der Waals surface area contributed by atoms with Crippen molar-refractivity contribution in [3.05, 3.63) is 35.6 Å². The Bertz CT molecular complexity index is 537. The van der Waals surface area contributed by atoms with Gasteiger partial charge in [-0.2, -0.15) is 0 Å². The molecule has 1 unspecified atom stereocenters. The minimum absolute atomic E-state index is 0.303. The molecule has 1 aromatic rings. The predicted octanol–water partition coefficient (Wildman–Crippen LogP) is 2.41. The lowest BCUT2D eigenvalue weighted by atomic mass is 10.1. The third-order valence-corrected chi connectivity index (χ3v) is 3.69. The molecule has 2 rings (SSSR count). The second-order valence-electron chi connectivity index (χ2n) is 6.84. The van der Waals surface area contributed by atoms with Crippen LogP contribution in [0.4, 0.5) is 9.18 Å². The van der Waals surface area contributed by atoms with Crippen molar-refractivity contribution in [3.8, 4) is 0 Å². The van der Waals surface area contributed by atoms with Gasteiger partial charge in [-0.3, -0.25) is 4.90 Å². The number of benzene rings is 1. The molecular formula is C17H25FN2O3. The zero-order chi connectivity index (χ0) is 17.0. The lowest BCUT2D eigenvalue weighted by Gasteiger charge is -2.36. The van der Waals surface area contributed by atoms with E-state index in [9.17, 15) is 14.3 Å². The molecule has 1 atom stereocenters. The molecule has 0 spiro atoms. The molecule has 1 saturated heterocycles. The average molecular weight is 324 g/mol. The van der Waals surface area contributed by atoms with Gasteiger partial charge in [0.15, 0.2) is 0 Å². The molecule has 128 valence electrons. The summed E-state index contributed by atoms with van der Waals surface area (Å²) in [5.74, 6) is -0.351. The van der Waals surface area contributed by atoms with Gasteiger partial charge >= 0.3 is 6.09 Å². The molecular weight excluding hydrogens is 299 g/mol. The summed E-state index contributed by atoms with van der Waals surface area (Å²) in [6.45, 7) is 8.39. The van der Waals surface area contributed by atoms with Crippen LogP contribution in [0.3, 0.4) is 0 Å². The summed E-state index contributed by atoms with van der Waals surface area (Å²) in [7, 11) is 0. The first-order chi connectivity index (χ1) is 10.7. The van der Waals surface area contributed by atoms with Gasteiger partial charge in [-0.1, -0.05) is 12.1 Å². The number of ether oxygens (including phenoxy) is 1. The summed E-state index contributed by atoms with van der Waals surface area (Å²) < 4.78 is 18.6. The standard InChI is InChI=1S/C17H25FN2O3/c1-17(2,3)23-16(22)20-9-7-19(8-10-20)12-15(21)13-5-4-6-14(18)11-13/h4-6,11,15,21H,7-10,12H2,1-3H3. The predicted molar refractivity (Wildman–Crippen MR) is 85.6 cm³/mol. The highest BCUT2D eigenvalue weighted by atomic mass is 19.1. The van der Waals surface area contributed by atoms with Crippen LogP contribution >= 0.6 is 0 Å². The van der Waals surface area contributed by atoms with Gasteiger partial charge in [0.1, 0.15) is 11.4 Å². The number of aliphatic hydroxyl groups is 1. The van der Waals surface area contributed by atoms with E-state index in [0.717, 1.165) is 0 Å². The smallest absolute Gasteiger partial charge is 0.410 e. The van der Waals surface area contributed by atoms with Crippen LogP contribution < -0.4 is 0 Å². The zero-order valence-corrected chi connectivity index (χ0v) is 14.0. The molecule has 1 amide bonds. The van der Waals surface area contributed by atoms with Crippen molar-refractivity contribution in [1.29, 1.82) is 0 Å². The molecule has 0 aliphatic carbocycles. The Hall–Kier alpha value is -1.66. The highest BCUT2D eigenvalue weighted by Gasteiger charge is 2.26. The highest BCUT2D eigenvalue weighted by molar-refractivity contribution is 5.68. The van der Waals surface area contributed by atoms with Crippen molar-refractivity contribution >= 4 is 6.09 Å². The fourth-order valence-electron chi connectivity index (χ4n) is 2.50. The molecule has 23 heavy (non-hydrogen) atoms. The largest absolute Gasteiger partial charge is 0.444 e. The molecule has 0 saturated carbocycles. The van der Waals surface area contributed by atoms with E-state index in [0.29, 0.717) is 38.3 Å². The second kappa shape index (κ2) is 7.27. The molecule has 1 aliphatic rings. The lowest BCUT2D eigenvalue weighted by molar-refractivity contribution is 0.0101. The summed E-state index contributed by atoms with van der Waals surface area (Å²) in [5.41, 5.74) is 0.0708. The first kappa shape index (κ1) is 17.7. The number of carbonyl (C=O) groups excluding carboxylic acids is 1. The Morgan fingerprint density at radius 1 is 1.30 bits per heavy atom. The van der Waals surface area contributed by atoms with Crippen molar-refractivity contribution in [2.75, 3.05) is 32.7 Å². The molecule has 1 aromatic carbocycles. The topological polar surface area (TPSA) is 53.0 Å². The third-order valence-electron chi connectivity index (χ3n) is 3.69. The third kappa shape index (κ3) is 5.48. The summed E-state index contributed by atoms with van der Waals surface area (Å²) in [6.07, 6.45) is -1.04. The molecule has 6 heteroatoms. The normalized spacial score (nSPS) is 17.9. The molecule has 1 fully saturated rings. The van der Waals surface area contributed by atoms with E-state index in [1.165, 1.54) is 12.1 Å². The number of carbonyl (C=O) groups is 1. The average Bonchev–Trinajstić information content (AvgIpc) is 2.46. The molecule has 1 aliphatic heterocycles. The lowest BCUT2D eigenvalue weighted by Crippen LogP contribution is -2.50. The van der Waals surface area contributed by atoms with Gasteiger partial charge in [-0.15, -0.1) is 0 Å². The van der Waals surface area contributed by atoms with Crippen molar-refractivity contribution in [2.45, 2.75) is 32.5 Å². The van der Waals surface area contributed by atoms with Crippen LogP contribution in [0.15, 0.2) is 24.3 Å². The Balaban J connectivity index is 1.81. The fraction of sp³-hybridized carbons (Fsp3) is 0.588. The molecule has 0 radical (unpaired) electrons. The summed E-state index contributed by atoms with van der Waals surface area (Å²) in [6, 6.07) is 6.01. The number of rotatable bonds is 3. The number of nitrogens with zero attached hydrogens (tertiary/aromatic N) is 2. The summed E-state index contributed by atoms with van der Waals surface area (Å²) >= 11 is 0. The van der Waals surface area contributed by atoms with E-state index in [-0.39, 0.29) is 11.9 Å². The minimum atomic E-state index is -0.737. The first-order valence-corrected chi connectivity index (χ1v) is 7.88. The van der Waals surface area contributed by atoms with Gasteiger partial charge in [0.25, 0.3) is 0 Å². The van der Waals surface area contributed by atoms with Crippen molar-refractivity contribution < 1.29 is 19.0 Å². The van der Waals surface area contributed by atoms with E-state index in [2.05, 4.69) is 4.90 Å². The molecule has 1 N–H and O–H groups in total. The Kier molecular flexibility index (Phi) is 5.59. The van der Waals surface area contributed by atoms with Crippen LogP contribution in [0.2, 0.25) is 0 Å². The maximum atomic E-state index is 13.2. The Morgan fingerprint density at radius 3 is 2.52 bits per heavy atom. The van der Waals surface area contributed by atoms with Crippen molar-refractivity contribution in [2.24, 2.45) is 0 Å². The van der Waals surface area contributed by atoms with Crippen molar-refractivity contribution in [3.63, 3.8) is 0 Å². The van der Waals surface area contributed by atoms with E-state index < -0.39 is 11.7 Å². The maximum absolute atomic E-state index is 13.2. The van der Waals surface area contributed by atoms with Gasteiger partial charge in [-0.05, 0) is 38.5 Å². The van der Waals surface area contributed by atoms with E-state index in [1.54, 1.807) is 17.0 Å². The SMILES string of the molecule is CC(C)(C)OC(=O)N1CCN(CC(O)c2cccc(F)c2)CC1. The number of halogens is 1. The van der Waals surface area contributed by atoms with Gasteiger partial charge in [-0.25, -0.2) is 9.18 Å². The molecule has 0 bridgehead atoms. The van der Waals surface area contributed by atoms with Crippen molar-refractivity contribution in [1.82, 2.24) is 9.80 Å². The number of β-amino-alcohol motifs (C(OH)–C–C–N with tert-alkyl or cyclic N) is 1. The van der Waals surface area contributed by atoms with Crippen LogP contribution in [0, 0.1) is 5.82 Å². The van der Waals surface area contributed by atoms with Gasteiger partial charge in [0.05, 0.1) is 6.10 Å². The van der Waals surface area contributed by atoms with Gasteiger partial charge < -0.3 is 14.7 Å². The zero-order valence-electron chi connectivity index (χ0n) is 14.0. The fourth-order valence-corrected chi connectivity index (χ4v) is 2.50. The number of aliphatic hydroxyl groups excluding tert-OH is 1. The van der Waals surface area contributed by atoms with Crippen LogP contribution in [0.5, 0.6) is 0 Å². The van der Waals surface area contributed by atoms with Crippen LogP contribution in [-0.4, -0.2) is 59.3 Å². The first-order valence-electron chi connectivity index (χ1n) is 7.88. The molecule has 0 aromatic heterocycles. The second-order valence-corrected chi connectivity index (χ2v) is 6.84. The van der Waals surface area contributed by atoms with E-state index in [4.69, 9.17) is 4.74 Å². The number of amides is 1. The summed E-state index contributed by atoms with van der Waals surface area (Å²) in [4.78, 5) is 15.7.